The van der Waals surface area contributed by atoms with Gasteiger partial charge >= 0.3 is 0 Å². The van der Waals surface area contributed by atoms with E-state index in [9.17, 15) is 9.59 Å². The third kappa shape index (κ3) is 3.28. The highest BCUT2D eigenvalue weighted by Gasteiger charge is 2.35. The monoisotopic (exact) mass is 306 g/mol. The third-order valence-corrected chi connectivity index (χ3v) is 5.36. The highest BCUT2D eigenvalue weighted by Crippen LogP contribution is 2.23. The van der Waals surface area contributed by atoms with Crippen molar-refractivity contribution in [1.82, 2.24) is 10.2 Å². The van der Waals surface area contributed by atoms with Gasteiger partial charge in [-0.15, -0.1) is 11.3 Å². The Morgan fingerprint density at radius 1 is 1.14 bits per heavy atom. The summed E-state index contributed by atoms with van der Waals surface area (Å²) in [4.78, 5) is 27.5. The van der Waals surface area contributed by atoms with Crippen LogP contribution in [-0.2, 0) is 4.79 Å². The van der Waals surface area contributed by atoms with Gasteiger partial charge in [-0.3, -0.25) is 9.59 Å². The van der Waals surface area contributed by atoms with Crippen molar-refractivity contribution in [3.8, 4) is 0 Å². The fourth-order valence-electron chi connectivity index (χ4n) is 3.37. The molecule has 3 rings (SSSR count). The zero-order chi connectivity index (χ0) is 14.7. The summed E-state index contributed by atoms with van der Waals surface area (Å²) in [5.41, 5.74) is 0. The molecule has 1 saturated carbocycles. The van der Waals surface area contributed by atoms with Crippen molar-refractivity contribution in [2.24, 2.45) is 0 Å². The maximum atomic E-state index is 12.5. The minimum atomic E-state index is -0.276. The first-order valence-corrected chi connectivity index (χ1v) is 8.78. The number of nitrogens with zero attached hydrogens (tertiary/aromatic N) is 1. The first kappa shape index (κ1) is 14.6. The van der Waals surface area contributed by atoms with E-state index >= 15 is 0 Å². The Labute approximate surface area is 129 Å². The average Bonchev–Trinajstić information content (AvgIpc) is 3.19. The Morgan fingerprint density at radius 2 is 1.95 bits per heavy atom. The van der Waals surface area contributed by atoms with Crippen molar-refractivity contribution < 1.29 is 9.59 Å². The molecule has 1 aliphatic heterocycles. The number of hydrogen-bond donors (Lipinski definition) is 1. The zero-order valence-corrected chi connectivity index (χ0v) is 13.0. The van der Waals surface area contributed by atoms with Crippen LogP contribution in [-0.4, -0.2) is 35.3 Å². The second kappa shape index (κ2) is 6.60. The molecule has 0 radical (unpaired) electrons. The molecule has 21 heavy (non-hydrogen) atoms. The van der Waals surface area contributed by atoms with Crippen LogP contribution in [0.2, 0.25) is 0 Å². The number of rotatable bonds is 3. The summed E-state index contributed by atoms with van der Waals surface area (Å²) in [6.45, 7) is 0.694. The lowest BCUT2D eigenvalue weighted by Crippen LogP contribution is -2.49. The van der Waals surface area contributed by atoms with Gasteiger partial charge in [-0.1, -0.05) is 25.3 Å². The molecule has 0 bridgehead atoms. The number of hydrogen-bond acceptors (Lipinski definition) is 3. The highest BCUT2D eigenvalue weighted by atomic mass is 32.1. The lowest BCUT2D eigenvalue weighted by molar-refractivity contribution is -0.125. The average molecular weight is 306 g/mol. The number of carbonyl (C=O) groups is 2. The van der Waals surface area contributed by atoms with Gasteiger partial charge in [-0.05, 0) is 37.1 Å². The van der Waals surface area contributed by atoms with Crippen LogP contribution in [0.3, 0.4) is 0 Å². The molecule has 5 heteroatoms. The van der Waals surface area contributed by atoms with Crippen LogP contribution in [0, 0.1) is 0 Å². The summed E-state index contributed by atoms with van der Waals surface area (Å²) in [5, 5.41) is 5.06. The molecule has 1 aliphatic carbocycles. The van der Waals surface area contributed by atoms with Crippen LogP contribution < -0.4 is 5.32 Å². The molecule has 2 amide bonds. The lowest BCUT2D eigenvalue weighted by atomic mass is 9.95. The van der Waals surface area contributed by atoms with E-state index in [-0.39, 0.29) is 17.9 Å². The van der Waals surface area contributed by atoms with Gasteiger partial charge in [-0.25, -0.2) is 0 Å². The topological polar surface area (TPSA) is 49.4 Å². The van der Waals surface area contributed by atoms with E-state index in [1.165, 1.54) is 30.6 Å². The normalized spacial score (nSPS) is 23.2. The maximum absolute atomic E-state index is 12.5. The molecule has 2 aliphatic rings. The molecule has 4 nitrogen and oxygen atoms in total. The van der Waals surface area contributed by atoms with E-state index in [1.807, 2.05) is 17.5 Å². The first-order valence-electron chi connectivity index (χ1n) is 7.90. The van der Waals surface area contributed by atoms with E-state index in [2.05, 4.69) is 5.32 Å². The van der Waals surface area contributed by atoms with E-state index in [1.54, 1.807) is 4.90 Å². The molecule has 1 aromatic rings. The van der Waals surface area contributed by atoms with E-state index in [0.29, 0.717) is 12.6 Å². The van der Waals surface area contributed by atoms with Gasteiger partial charge < -0.3 is 10.2 Å². The third-order valence-electron chi connectivity index (χ3n) is 4.50. The molecule has 1 aromatic heterocycles. The van der Waals surface area contributed by atoms with Gasteiger partial charge in [0.25, 0.3) is 5.91 Å². The molecule has 0 unspecified atom stereocenters. The predicted octanol–water partition coefficient (Wildman–Crippen LogP) is 2.80. The summed E-state index contributed by atoms with van der Waals surface area (Å²) < 4.78 is 0. The minimum absolute atomic E-state index is 0.00583. The summed E-state index contributed by atoms with van der Waals surface area (Å²) in [6.07, 6.45) is 7.55. The molecule has 0 aromatic carbocycles. The Hall–Kier alpha value is -1.36. The maximum Gasteiger partial charge on any atom is 0.264 e. The first-order chi connectivity index (χ1) is 10.3. The van der Waals surface area contributed by atoms with Crippen molar-refractivity contribution in [2.45, 2.75) is 57.0 Å². The van der Waals surface area contributed by atoms with Crippen LogP contribution >= 0.6 is 11.3 Å². The van der Waals surface area contributed by atoms with Crippen molar-refractivity contribution in [2.75, 3.05) is 6.54 Å². The number of likely N-dealkylation sites (tertiary alicyclic amines) is 1. The molecule has 1 atom stereocenters. The molecule has 114 valence electrons. The summed E-state index contributed by atoms with van der Waals surface area (Å²) in [7, 11) is 0. The van der Waals surface area contributed by atoms with Crippen LogP contribution in [0.5, 0.6) is 0 Å². The fraction of sp³-hybridized carbons (Fsp3) is 0.625. The van der Waals surface area contributed by atoms with Gasteiger partial charge in [0.2, 0.25) is 5.91 Å². The van der Waals surface area contributed by atoms with Gasteiger partial charge in [0.1, 0.15) is 6.04 Å². The molecular weight excluding hydrogens is 284 g/mol. The number of thiophene rings is 1. The van der Waals surface area contributed by atoms with Crippen molar-refractivity contribution in [3.05, 3.63) is 22.4 Å². The Balaban J connectivity index is 1.63. The van der Waals surface area contributed by atoms with E-state index < -0.39 is 0 Å². The Morgan fingerprint density at radius 3 is 2.67 bits per heavy atom. The van der Waals surface area contributed by atoms with Crippen molar-refractivity contribution >= 4 is 23.2 Å². The lowest BCUT2D eigenvalue weighted by Gasteiger charge is -2.28. The number of nitrogens with one attached hydrogen (secondary N) is 1. The standard InChI is InChI=1S/C16H22N2O2S/c19-15(17-12-6-2-1-3-7-12)13-8-4-10-18(13)16(20)14-9-5-11-21-14/h5,9,11-13H,1-4,6-8,10H2,(H,17,19)/t13-/m0/s1. The van der Waals surface area contributed by atoms with Gasteiger partial charge in [-0.2, -0.15) is 0 Å². The summed E-state index contributed by atoms with van der Waals surface area (Å²) in [5.74, 6) is 0.0515. The van der Waals surface area contributed by atoms with E-state index in [4.69, 9.17) is 0 Å². The largest absolute Gasteiger partial charge is 0.352 e. The van der Waals surface area contributed by atoms with Crippen molar-refractivity contribution in [3.63, 3.8) is 0 Å². The molecular formula is C16H22N2O2S. The fourth-order valence-corrected chi connectivity index (χ4v) is 4.05. The van der Waals surface area contributed by atoms with Gasteiger partial charge in [0.05, 0.1) is 4.88 Å². The zero-order valence-electron chi connectivity index (χ0n) is 12.2. The second-order valence-corrected chi connectivity index (χ2v) is 6.93. The summed E-state index contributed by atoms with van der Waals surface area (Å²) >= 11 is 1.44. The minimum Gasteiger partial charge on any atom is -0.352 e. The molecule has 1 saturated heterocycles. The second-order valence-electron chi connectivity index (χ2n) is 5.98. The van der Waals surface area contributed by atoms with Crippen LogP contribution in [0.25, 0.3) is 0 Å². The number of amides is 2. The SMILES string of the molecule is O=C(NC1CCCCC1)[C@@H]1CCCN1C(=O)c1cccs1. The van der Waals surface area contributed by atoms with E-state index in [0.717, 1.165) is 30.6 Å². The van der Waals surface area contributed by atoms with Gasteiger partial charge in [0.15, 0.2) is 0 Å². The highest BCUT2D eigenvalue weighted by molar-refractivity contribution is 7.12. The smallest absolute Gasteiger partial charge is 0.264 e. The Kier molecular flexibility index (Phi) is 4.58. The van der Waals surface area contributed by atoms with Crippen LogP contribution in [0.1, 0.15) is 54.6 Å². The van der Waals surface area contributed by atoms with Crippen molar-refractivity contribution in [1.29, 1.82) is 0 Å². The van der Waals surface area contributed by atoms with Crippen LogP contribution in [0.4, 0.5) is 0 Å². The number of carbonyl (C=O) groups excluding carboxylic acids is 2. The molecule has 0 spiro atoms. The summed E-state index contributed by atoms with van der Waals surface area (Å²) in [6, 6.07) is 3.75. The quantitative estimate of drug-likeness (QED) is 0.933. The molecule has 2 heterocycles. The van der Waals surface area contributed by atoms with Crippen LogP contribution in [0.15, 0.2) is 17.5 Å². The molecule has 1 N–H and O–H groups in total. The van der Waals surface area contributed by atoms with Gasteiger partial charge in [0, 0.05) is 12.6 Å². The molecule has 2 fully saturated rings. The Bertz CT molecular complexity index is 494. The predicted molar refractivity (Wildman–Crippen MR) is 83.4 cm³/mol.